The minimum atomic E-state index is -0.256. The monoisotopic (exact) mass is 240 g/mol. The highest BCUT2D eigenvalue weighted by Gasteiger charge is 2.43. The van der Waals surface area contributed by atoms with E-state index in [-0.39, 0.29) is 24.0 Å². The summed E-state index contributed by atoms with van der Waals surface area (Å²) in [6, 6.07) is 0.941. The predicted molar refractivity (Wildman–Crippen MR) is 66.6 cm³/mol. The van der Waals surface area contributed by atoms with Crippen LogP contribution in [0, 0.1) is 5.92 Å². The number of rotatable bonds is 5. The molecule has 0 aliphatic carbocycles. The first-order valence-electron chi connectivity index (χ1n) is 6.77. The number of carbonyl (C=O) groups is 1. The average Bonchev–Trinajstić information content (AvgIpc) is 2.91. The van der Waals surface area contributed by atoms with E-state index >= 15 is 0 Å². The fraction of sp³-hybridized carbons (Fsp3) is 0.923. The van der Waals surface area contributed by atoms with Crippen LogP contribution in [0.4, 0.5) is 0 Å². The number of nitrogens with one attached hydrogen (secondary N) is 2. The van der Waals surface area contributed by atoms with E-state index in [4.69, 9.17) is 5.11 Å². The van der Waals surface area contributed by atoms with E-state index in [9.17, 15) is 4.79 Å². The Morgan fingerprint density at radius 1 is 1.53 bits per heavy atom. The molecular formula is C13H24N2O2. The lowest BCUT2D eigenvalue weighted by Crippen LogP contribution is -2.50. The summed E-state index contributed by atoms with van der Waals surface area (Å²) in [6.45, 7) is 4.19. The zero-order valence-corrected chi connectivity index (χ0v) is 10.8. The molecule has 0 aromatic heterocycles. The van der Waals surface area contributed by atoms with Gasteiger partial charge < -0.3 is 15.7 Å². The van der Waals surface area contributed by atoms with Crippen LogP contribution in [0.2, 0.25) is 0 Å². The second-order valence-corrected chi connectivity index (χ2v) is 5.77. The maximum atomic E-state index is 12.3. The van der Waals surface area contributed by atoms with E-state index in [1.165, 1.54) is 6.42 Å². The number of hydrogen-bond donors (Lipinski definition) is 3. The van der Waals surface area contributed by atoms with E-state index in [0.29, 0.717) is 18.5 Å². The van der Waals surface area contributed by atoms with Crippen molar-refractivity contribution in [2.24, 2.45) is 5.92 Å². The van der Waals surface area contributed by atoms with Crippen molar-refractivity contribution in [1.29, 1.82) is 0 Å². The molecule has 2 aliphatic heterocycles. The van der Waals surface area contributed by atoms with Crippen molar-refractivity contribution >= 4 is 5.91 Å². The van der Waals surface area contributed by atoms with E-state index in [1.807, 2.05) is 6.92 Å². The van der Waals surface area contributed by atoms with Crippen LogP contribution < -0.4 is 10.6 Å². The van der Waals surface area contributed by atoms with Crippen molar-refractivity contribution in [3.63, 3.8) is 0 Å². The summed E-state index contributed by atoms with van der Waals surface area (Å²) in [5.74, 6) is 0.306. The third kappa shape index (κ3) is 2.63. The van der Waals surface area contributed by atoms with Gasteiger partial charge in [0.05, 0.1) is 5.92 Å². The molecule has 4 unspecified atom stereocenters. The first-order valence-corrected chi connectivity index (χ1v) is 6.77. The maximum absolute atomic E-state index is 12.3. The molecule has 4 heteroatoms. The normalized spacial score (nSPS) is 34.6. The molecule has 1 amide bonds. The molecule has 0 spiro atoms. The van der Waals surface area contributed by atoms with Gasteiger partial charge in [0, 0.05) is 24.2 Å². The molecule has 2 aliphatic rings. The van der Waals surface area contributed by atoms with Crippen LogP contribution in [0.15, 0.2) is 0 Å². The number of hydrogen-bond acceptors (Lipinski definition) is 3. The first-order chi connectivity index (χ1) is 8.08. The van der Waals surface area contributed by atoms with Crippen LogP contribution >= 0.6 is 0 Å². The molecular weight excluding hydrogens is 216 g/mol. The summed E-state index contributed by atoms with van der Waals surface area (Å²) in [5, 5.41) is 15.7. The fourth-order valence-electron chi connectivity index (χ4n) is 3.08. The predicted octanol–water partition coefficient (Wildman–Crippen LogP) is 0.794. The second kappa shape index (κ2) is 4.94. The minimum Gasteiger partial charge on any atom is -0.396 e. The van der Waals surface area contributed by atoms with Crippen LogP contribution in [0.5, 0.6) is 0 Å². The van der Waals surface area contributed by atoms with Gasteiger partial charge in [0.1, 0.15) is 0 Å². The van der Waals surface area contributed by atoms with Gasteiger partial charge in [-0.2, -0.15) is 0 Å². The van der Waals surface area contributed by atoms with Gasteiger partial charge in [0.2, 0.25) is 5.91 Å². The highest BCUT2D eigenvalue weighted by atomic mass is 16.3. The van der Waals surface area contributed by atoms with Gasteiger partial charge in [-0.05, 0) is 39.0 Å². The smallest absolute Gasteiger partial charge is 0.225 e. The Morgan fingerprint density at radius 3 is 2.76 bits per heavy atom. The van der Waals surface area contributed by atoms with Gasteiger partial charge in [0.15, 0.2) is 0 Å². The largest absolute Gasteiger partial charge is 0.396 e. The van der Waals surface area contributed by atoms with Gasteiger partial charge in [-0.1, -0.05) is 6.92 Å². The van der Waals surface area contributed by atoms with Crippen LogP contribution in [0.25, 0.3) is 0 Å². The molecule has 0 aromatic carbocycles. The molecule has 0 radical (unpaired) electrons. The average molecular weight is 240 g/mol. The fourth-order valence-corrected chi connectivity index (χ4v) is 3.08. The maximum Gasteiger partial charge on any atom is 0.225 e. The topological polar surface area (TPSA) is 61.4 Å². The Labute approximate surface area is 103 Å². The van der Waals surface area contributed by atoms with Crippen molar-refractivity contribution in [2.45, 2.75) is 63.6 Å². The number of aliphatic hydroxyl groups excluding tert-OH is 1. The van der Waals surface area contributed by atoms with E-state index in [1.54, 1.807) is 0 Å². The molecule has 2 bridgehead atoms. The van der Waals surface area contributed by atoms with Crippen LogP contribution in [0.3, 0.4) is 0 Å². The zero-order valence-electron chi connectivity index (χ0n) is 10.8. The number of carbonyl (C=O) groups excluding carboxylic acids is 1. The van der Waals surface area contributed by atoms with E-state index in [0.717, 1.165) is 19.3 Å². The lowest BCUT2D eigenvalue weighted by atomic mass is 9.86. The molecule has 2 heterocycles. The van der Waals surface area contributed by atoms with Crippen molar-refractivity contribution in [1.82, 2.24) is 10.6 Å². The summed E-state index contributed by atoms with van der Waals surface area (Å²) >= 11 is 0. The van der Waals surface area contributed by atoms with Crippen molar-refractivity contribution in [2.75, 3.05) is 6.61 Å². The number of aliphatic hydroxyl groups is 1. The van der Waals surface area contributed by atoms with Crippen molar-refractivity contribution < 1.29 is 9.90 Å². The lowest BCUT2D eigenvalue weighted by molar-refractivity contribution is -0.127. The SMILES string of the molecule is CCC(C)(CCO)NC(=O)C1CC2CCC1N2. The van der Waals surface area contributed by atoms with Gasteiger partial charge >= 0.3 is 0 Å². The van der Waals surface area contributed by atoms with Gasteiger partial charge in [-0.3, -0.25) is 4.79 Å². The molecule has 4 nitrogen and oxygen atoms in total. The molecule has 2 rings (SSSR count). The van der Waals surface area contributed by atoms with Gasteiger partial charge in [0.25, 0.3) is 0 Å². The highest BCUT2D eigenvalue weighted by Crippen LogP contribution is 2.33. The minimum absolute atomic E-state index is 0.125. The third-order valence-corrected chi connectivity index (χ3v) is 4.51. The van der Waals surface area contributed by atoms with Gasteiger partial charge in [-0.25, -0.2) is 0 Å². The van der Waals surface area contributed by atoms with Crippen molar-refractivity contribution in [3.8, 4) is 0 Å². The Hall–Kier alpha value is -0.610. The molecule has 2 fully saturated rings. The summed E-state index contributed by atoms with van der Waals surface area (Å²) in [6.07, 6.45) is 4.81. The highest BCUT2D eigenvalue weighted by molar-refractivity contribution is 5.80. The standard InChI is InChI=1S/C13H24N2O2/c1-3-13(2,6-7-16)15-12(17)10-8-9-4-5-11(10)14-9/h9-11,14,16H,3-8H2,1-2H3,(H,15,17). The van der Waals surface area contributed by atoms with E-state index in [2.05, 4.69) is 17.6 Å². The quantitative estimate of drug-likeness (QED) is 0.666. The summed E-state index contributed by atoms with van der Waals surface area (Å²) < 4.78 is 0. The second-order valence-electron chi connectivity index (χ2n) is 5.77. The molecule has 4 atom stereocenters. The Bertz CT molecular complexity index is 295. The van der Waals surface area contributed by atoms with Crippen LogP contribution in [-0.2, 0) is 4.79 Å². The first kappa shape index (κ1) is 12.8. The lowest BCUT2D eigenvalue weighted by Gasteiger charge is -2.31. The Balaban J connectivity index is 1.92. The molecule has 2 saturated heterocycles. The van der Waals surface area contributed by atoms with E-state index < -0.39 is 0 Å². The summed E-state index contributed by atoms with van der Waals surface area (Å²) in [5.41, 5.74) is -0.256. The number of fused-ring (bicyclic) bond motifs is 2. The molecule has 17 heavy (non-hydrogen) atoms. The van der Waals surface area contributed by atoms with Crippen molar-refractivity contribution in [3.05, 3.63) is 0 Å². The van der Waals surface area contributed by atoms with Crippen LogP contribution in [0.1, 0.15) is 46.0 Å². The van der Waals surface area contributed by atoms with Gasteiger partial charge in [-0.15, -0.1) is 0 Å². The third-order valence-electron chi connectivity index (χ3n) is 4.51. The Morgan fingerprint density at radius 2 is 2.29 bits per heavy atom. The molecule has 98 valence electrons. The molecule has 3 N–H and O–H groups in total. The summed E-state index contributed by atoms with van der Waals surface area (Å²) in [7, 11) is 0. The number of amides is 1. The molecule has 0 aromatic rings. The Kier molecular flexibility index (Phi) is 3.73. The zero-order chi connectivity index (χ0) is 12.5. The summed E-state index contributed by atoms with van der Waals surface area (Å²) in [4.78, 5) is 12.3. The van der Waals surface area contributed by atoms with Crippen LogP contribution in [-0.4, -0.2) is 35.2 Å². The molecule has 0 saturated carbocycles.